The van der Waals surface area contributed by atoms with E-state index in [4.69, 9.17) is 14.5 Å². The van der Waals surface area contributed by atoms with Gasteiger partial charge >= 0.3 is 0 Å². The van der Waals surface area contributed by atoms with Crippen LogP contribution in [0.3, 0.4) is 0 Å². The minimum Gasteiger partial charge on any atom is -0.494 e. The number of benzene rings is 3. The fraction of sp³-hybridized carbons (Fsp3) is 0.258. The summed E-state index contributed by atoms with van der Waals surface area (Å²) in [6.07, 6.45) is 3.61. The highest BCUT2D eigenvalue weighted by atomic mass is 16.5. The van der Waals surface area contributed by atoms with Crippen LogP contribution in [0.4, 0.5) is 5.95 Å². The number of ether oxygens (including phenoxy) is 2. The second-order valence-electron chi connectivity index (χ2n) is 9.35. The molecule has 1 aromatic heterocycles. The number of nitrogens with zero attached hydrogens (tertiary/aromatic N) is 3. The maximum Gasteiger partial charge on any atom is 0.254 e. The van der Waals surface area contributed by atoms with E-state index in [1.807, 2.05) is 90.5 Å². The van der Waals surface area contributed by atoms with Gasteiger partial charge in [0.1, 0.15) is 12.3 Å². The van der Waals surface area contributed by atoms with Crippen LogP contribution in [-0.4, -0.2) is 58.7 Å². The second kappa shape index (κ2) is 12.4. The Morgan fingerprint density at radius 3 is 2.54 bits per heavy atom. The van der Waals surface area contributed by atoms with Gasteiger partial charge in [-0.2, -0.15) is 0 Å². The summed E-state index contributed by atoms with van der Waals surface area (Å²) in [6.45, 7) is 3.37. The third-order valence-electron chi connectivity index (χ3n) is 6.52. The first-order chi connectivity index (χ1) is 19.1. The number of rotatable bonds is 10. The van der Waals surface area contributed by atoms with Gasteiger partial charge in [-0.15, -0.1) is 0 Å². The van der Waals surface area contributed by atoms with Gasteiger partial charge in [-0.1, -0.05) is 54.6 Å². The number of anilines is 1. The molecule has 8 nitrogen and oxygen atoms in total. The normalized spacial score (nSPS) is 14.6. The predicted molar refractivity (Wildman–Crippen MR) is 150 cm³/mol. The van der Waals surface area contributed by atoms with E-state index in [0.29, 0.717) is 37.0 Å². The fourth-order valence-corrected chi connectivity index (χ4v) is 4.66. The number of aromatic nitrogens is 2. The van der Waals surface area contributed by atoms with Crippen LogP contribution in [0.2, 0.25) is 0 Å². The lowest BCUT2D eigenvalue weighted by Gasteiger charge is -2.25. The van der Waals surface area contributed by atoms with Crippen molar-refractivity contribution in [3.63, 3.8) is 0 Å². The summed E-state index contributed by atoms with van der Waals surface area (Å²) < 4.78 is 13.3. The second-order valence-corrected chi connectivity index (χ2v) is 9.35. The Kier molecular flexibility index (Phi) is 8.33. The quantitative estimate of drug-likeness (QED) is 0.308. The number of hydrogen-bond acceptors (Lipinski definition) is 5. The number of amides is 2. The highest BCUT2D eigenvalue weighted by molar-refractivity contribution is 5.99. The Hall–Kier alpha value is -4.43. The van der Waals surface area contributed by atoms with Gasteiger partial charge in [-0.25, -0.2) is 4.98 Å². The highest BCUT2D eigenvalue weighted by Gasteiger charge is 2.26. The summed E-state index contributed by atoms with van der Waals surface area (Å²) >= 11 is 0. The lowest BCUT2D eigenvalue weighted by molar-refractivity contribution is -0.117. The summed E-state index contributed by atoms with van der Waals surface area (Å²) in [6, 6.07) is 26.4. The average Bonchev–Trinajstić information content (AvgIpc) is 3.64. The van der Waals surface area contributed by atoms with E-state index in [-0.39, 0.29) is 24.5 Å². The van der Waals surface area contributed by atoms with Crippen LogP contribution in [0.1, 0.15) is 30.1 Å². The van der Waals surface area contributed by atoms with Crippen molar-refractivity contribution >= 4 is 17.8 Å². The highest BCUT2D eigenvalue weighted by Crippen LogP contribution is 2.26. The molecule has 1 N–H and O–H groups in total. The first-order valence-corrected chi connectivity index (χ1v) is 13.2. The van der Waals surface area contributed by atoms with Crippen LogP contribution in [0.25, 0.3) is 16.9 Å². The van der Waals surface area contributed by atoms with Crippen molar-refractivity contribution in [2.45, 2.75) is 25.9 Å². The first kappa shape index (κ1) is 26.2. The van der Waals surface area contributed by atoms with Crippen molar-refractivity contribution in [3.05, 3.63) is 96.7 Å². The molecule has 8 heteroatoms. The van der Waals surface area contributed by atoms with Crippen molar-refractivity contribution < 1.29 is 19.1 Å². The third-order valence-corrected chi connectivity index (χ3v) is 6.52. The van der Waals surface area contributed by atoms with E-state index in [9.17, 15) is 9.59 Å². The van der Waals surface area contributed by atoms with Gasteiger partial charge in [0, 0.05) is 36.5 Å². The van der Waals surface area contributed by atoms with Crippen LogP contribution < -0.4 is 10.1 Å². The average molecular weight is 525 g/mol. The molecule has 39 heavy (non-hydrogen) atoms. The first-order valence-electron chi connectivity index (χ1n) is 13.2. The number of carbonyl (C=O) groups excluding carboxylic acids is 2. The summed E-state index contributed by atoms with van der Waals surface area (Å²) in [4.78, 5) is 33.1. The molecule has 1 saturated heterocycles. The molecule has 0 radical (unpaired) electrons. The molecular formula is C31H32N4O4. The zero-order valence-electron chi connectivity index (χ0n) is 22.0. The molecule has 1 fully saturated rings. The zero-order chi connectivity index (χ0) is 27.0. The third kappa shape index (κ3) is 6.53. The molecule has 1 aliphatic heterocycles. The maximum atomic E-state index is 13.4. The van der Waals surface area contributed by atoms with E-state index in [0.717, 1.165) is 29.8 Å². The molecule has 0 aliphatic carbocycles. The van der Waals surface area contributed by atoms with Crippen molar-refractivity contribution in [2.75, 3.05) is 31.6 Å². The van der Waals surface area contributed by atoms with Crippen LogP contribution in [0.15, 0.2) is 91.1 Å². The molecule has 0 spiro atoms. The molecule has 0 saturated carbocycles. The molecule has 0 bridgehead atoms. The van der Waals surface area contributed by atoms with Gasteiger partial charge in [-0.3, -0.25) is 19.5 Å². The number of nitrogens with one attached hydrogen (secondary N) is 1. The van der Waals surface area contributed by atoms with Gasteiger partial charge in [0.05, 0.1) is 24.1 Å². The van der Waals surface area contributed by atoms with E-state index in [1.54, 1.807) is 17.0 Å². The topological polar surface area (TPSA) is 85.7 Å². The fourth-order valence-electron chi connectivity index (χ4n) is 4.66. The Balaban J connectivity index is 1.42. The Morgan fingerprint density at radius 1 is 1.05 bits per heavy atom. The monoisotopic (exact) mass is 524 g/mol. The van der Waals surface area contributed by atoms with E-state index in [2.05, 4.69) is 5.32 Å². The number of carbonyl (C=O) groups is 2. The standard InChI is InChI=1S/C31H32N4O4/c1-2-38-26-16-9-15-25(19-26)35-21-28(23-11-5-3-6-12-23)32-31(35)33-29(36)22-34(20-27-17-10-18-39-27)30(37)24-13-7-4-8-14-24/h3-9,11-16,19,21,27H,2,10,17-18,20,22H2,1H3,(H,32,33,36)/t27-/m1/s1. The molecule has 2 heterocycles. The van der Waals surface area contributed by atoms with Gasteiger partial charge in [-0.05, 0) is 44.0 Å². The van der Waals surface area contributed by atoms with E-state index >= 15 is 0 Å². The molecule has 1 atom stereocenters. The minimum atomic E-state index is -0.343. The summed E-state index contributed by atoms with van der Waals surface area (Å²) in [5, 5.41) is 2.95. The SMILES string of the molecule is CCOc1cccc(-n2cc(-c3ccccc3)nc2NC(=O)CN(C[C@H]2CCCO2)C(=O)c2ccccc2)c1. The predicted octanol–water partition coefficient (Wildman–Crippen LogP) is 5.20. The Morgan fingerprint density at radius 2 is 1.82 bits per heavy atom. The van der Waals surface area contributed by atoms with Crippen molar-refractivity contribution in [3.8, 4) is 22.7 Å². The van der Waals surface area contributed by atoms with Gasteiger partial charge in [0.25, 0.3) is 5.91 Å². The molecule has 4 aromatic rings. The van der Waals surface area contributed by atoms with Gasteiger partial charge < -0.3 is 14.4 Å². The zero-order valence-corrected chi connectivity index (χ0v) is 22.0. The van der Waals surface area contributed by atoms with Gasteiger partial charge in [0.2, 0.25) is 11.9 Å². The lowest BCUT2D eigenvalue weighted by atomic mass is 10.1. The van der Waals surface area contributed by atoms with Crippen molar-refractivity contribution in [2.24, 2.45) is 0 Å². The lowest BCUT2D eigenvalue weighted by Crippen LogP contribution is -2.42. The molecule has 0 unspecified atom stereocenters. The molecule has 3 aromatic carbocycles. The van der Waals surface area contributed by atoms with Crippen LogP contribution in [-0.2, 0) is 9.53 Å². The van der Waals surface area contributed by atoms with Crippen molar-refractivity contribution in [1.29, 1.82) is 0 Å². The summed E-state index contributed by atoms with van der Waals surface area (Å²) in [7, 11) is 0. The van der Waals surface area contributed by atoms with E-state index in [1.165, 1.54) is 0 Å². The molecule has 1 aliphatic rings. The molecule has 5 rings (SSSR count). The van der Waals surface area contributed by atoms with Crippen LogP contribution >= 0.6 is 0 Å². The van der Waals surface area contributed by atoms with Crippen molar-refractivity contribution in [1.82, 2.24) is 14.5 Å². The van der Waals surface area contributed by atoms with Crippen LogP contribution in [0.5, 0.6) is 5.75 Å². The Labute approximate surface area is 228 Å². The Bertz CT molecular complexity index is 1400. The molecule has 2 amide bonds. The minimum absolute atomic E-state index is 0.0848. The smallest absolute Gasteiger partial charge is 0.254 e. The maximum absolute atomic E-state index is 13.4. The number of imidazole rings is 1. The van der Waals surface area contributed by atoms with E-state index < -0.39 is 0 Å². The summed E-state index contributed by atoms with van der Waals surface area (Å²) in [5.41, 5.74) is 2.96. The van der Waals surface area contributed by atoms with Gasteiger partial charge in [0.15, 0.2) is 0 Å². The summed E-state index contributed by atoms with van der Waals surface area (Å²) in [5.74, 6) is 0.527. The van der Waals surface area contributed by atoms with Crippen LogP contribution in [0, 0.1) is 0 Å². The largest absolute Gasteiger partial charge is 0.494 e. The molecular weight excluding hydrogens is 492 g/mol. The number of hydrogen-bond donors (Lipinski definition) is 1. The molecule has 200 valence electrons.